The first-order chi connectivity index (χ1) is 12.7. The Bertz CT molecular complexity index is 761. The van der Waals surface area contributed by atoms with Gasteiger partial charge in [0.1, 0.15) is 0 Å². The Hall–Kier alpha value is -1.96. The number of phenols is 1. The largest absolute Gasteiger partial charge is 0.504 e. The zero-order valence-electron chi connectivity index (χ0n) is 15.9. The minimum atomic E-state index is 0. The van der Waals surface area contributed by atoms with E-state index in [-0.39, 0.29) is 35.1 Å². The number of methoxy groups -OCH3 is 1. The van der Waals surface area contributed by atoms with Crippen molar-refractivity contribution in [3.8, 4) is 11.5 Å². The number of rotatable bonds is 7. The second-order valence-electron chi connectivity index (χ2n) is 6.66. The molecule has 0 saturated heterocycles. The molecule has 0 aromatic heterocycles. The lowest BCUT2D eigenvalue weighted by Crippen LogP contribution is -2.41. The quantitative estimate of drug-likeness (QED) is 0.320. The topological polar surface area (TPSA) is 65.9 Å². The summed E-state index contributed by atoms with van der Waals surface area (Å²) in [4.78, 5) is 4.62. The van der Waals surface area contributed by atoms with Gasteiger partial charge in [-0.3, -0.25) is 0 Å². The van der Waals surface area contributed by atoms with E-state index in [4.69, 9.17) is 4.74 Å². The van der Waals surface area contributed by atoms with Crippen molar-refractivity contribution >= 4 is 29.9 Å². The molecule has 1 aliphatic carbocycles. The number of hydrogen-bond acceptors (Lipinski definition) is 3. The van der Waals surface area contributed by atoms with E-state index < -0.39 is 0 Å². The average Bonchev–Trinajstić information content (AvgIpc) is 3.47. The van der Waals surface area contributed by atoms with E-state index in [9.17, 15) is 5.11 Å². The lowest BCUT2D eigenvalue weighted by molar-refractivity contribution is 0.370. The van der Waals surface area contributed by atoms with Gasteiger partial charge in [-0.2, -0.15) is 0 Å². The summed E-state index contributed by atoms with van der Waals surface area (Å²) in [5, 5.41) is 17.0. The number of phenolic OH excluding ortho intramolecular Hbond substituents is 1. The zero-order chi connectivity index (χ0) is 18.4. The van der Waals surface area contributed by atoms with E-state index in [1.165, 1.54) is 18.4 Å². The van der Waals surface area contributed by atoms with E-state index in [0.29, 0.717) is 12.3 Å². The van der Waals surface area contributed by atoms with Crippen LogP contribution in [0.3, 0.4) is 0 Å². The highest BCUT2D eigenvalue weighted by molar-refractivity contribution is 14.0. The molecule has 3 rings (SSSR count). The van der Waals surface area contributed by atoms with Crippen molar-refractivity contribution in [1.82, 2.24) is 10.6 Å². The van der Waals surface area contributed by atoms with Crippen LogP contribution >= 0.6 is 24.0 Å². The molecule has 0 atom stereocenters. The second-order valence-corrected chi connectivity index (χ2v) is 6.66. The van der Waals surface area contributed by atoms with Crippen LogP contribution in [0.1, 0.15) is 30.9 Å². The molecule has 1 fully saturated rings. The van der Waals surface area contributed by atoms with Gasteiger partial charge in [-0.15, -0.1) is 24.0 Å². The average molecular weight is 481 g/mol. The maximum Gasteiger partial charge on any atom is 0.191 e. The summed E-state index contributed by atoms with van der Waals surface area (Å²) in [7, 11) is 1.55. The summed E-state index contributed by atoms with van der Waals surface area (Å²) in [6, 6.07) is 16.1. The van der Waals surface area contributed by atoms with Crippen LogP contribution < -0.4 is 15.4 Å². The molecule has 0 unspecified atom stereocenters. The summed E-state index contributed by atoms with van der Waals surface area (Å²) in [5.74, 6) is 1.38. The molecule has 0 aliphatic heterocycles. The van der Waals surface area contributed by atoms with Crippen molar-refractivity contribution in [2.45, 2.75) is 31.7 Å². The number of nitrogens with zero attached hydrogens (tertiary/aromatic N) is 1. The monoisotopic (exact) mass is 481 g/mol. The van der Waals surface area contributed by atoms with Crippen molar-refractivity contribution in [2.24, 2.45) is 4.99 Å². The molecule has 2 aromatic rings. The van der Waals surface area contributed by atoms with Crippen LogP contribution in [0.2, 0.25) is 0 Å². The number of benzene rings is 2. The first kappa shape index (κ1) is 21.3. The highest BCUT2D eigenvalue weighted by atomic mass is 127. The Morgan fingerprint density at radius 1 is 1.11 bits per heavy atom. The van der Waals surface area contributed by atoms with Gasteiger partial charge in [0.2, 0.25) is 0 Å². The summed E-state index contributed by atoms with van der Waals surface area (Å²) in [6.07, 6.45) is 2.39. The second kappa shape index (κ2) is 9.82. The predicted octanol–water partition coefficient (Wildman–Crippen LogP) is 3.81. The number of para-hydroxylation sites is 1. The van der Waals surface area contributed by atoms with Crippen molar-refractivity contribution < 1.29 is 9.84 Å². The molecular formula is C21H28IN3O2. The van der Waals surface area contributed by atoms with E-state index in [1.807, 2.05) is 19.1 Å². The highest BCUT2D eigenvalue weighted by Gasteiger charge is 2.43. The SMILES string of the molecule is CCNC(=NCc1cccc(OC)c1O)NCC1(c2ccccc2)CC1.I. The van der Waals surface area contributed by atoms with Crippen LogP contribution in [-0.4, -0.2) is 31.3 Å². The third kappa shape index (κ3) is 5.28. The molecule has 6 heteroatoms. The molecule has 0 bridgehead atoms. The highest BCUT2D eigenvalue weighted by Crippen LogP contribution is 2.47. The number of aliphatic imine (C=N–C) groups is 1. The molecular weight excluding hydrogens is 453 g/mol. The van der Waals surface area contributed by atoms with Crippen LogP contribution in [0.15, 0.2) is 53.5 Å². The summed E-state index contributed by atoms with van der Waals surface area (Å²) in [6.45, 7) is 4.07. The molecule has 1 saturated carbocycles. The van der Waals surface area contributed by atoms with Gasteiger partial charge in [0.25, 0.3) is 0 Å². The van der Waals surface area contributed by atoms with Gasteiger partial charge in [-0.25, -0.2) is 4.99 Å². The molecule has 5 nitrogen and oxygen atoms in total. The standard InChI is InChI=1S/C21H27N3O2.HI/c1-3-22-20(23-14-16-8-7-11-18(26-2)19(16)25)24-15-21(12-13-21)17-9-5-4-6-10-17;/h4-11,25H,3,12-15H2,1-2H3,(H2,22,23,24);1H. The van der Waals surface area contributed by atoms with Gasteiger partial charge < -0.3 is 20.5 Å². The lowest BCUT2D eigenvalue weighted by Gasteiger charge is -2.19. The van der Waals surface area contributed by atoms with E-state index >= 15 is 0 Å². The van der Waals surface area contributed by atoms with Gasteiger partial charge in [0.05, 0.1) is 13.7 Å². The van der Waals surface area contributed by atoms with Crippen LogP contribution in [0, 0.1) is 0 Å². The van der Waals surface area contributed by atoms with Crippen molar-refractivity contribution in [1.29, 1.82) is 0 Å². The predicted molar refractivity (Wildman–Crippen MR) is 120 cm³/mol. The van der Waals surface area contributed by atoms with Crippen LogP contribution in [0.4, 0.5) is 0 Å². The molecule has 0 heterocycles. The Morgan fingerprint density at radius 3 is 2.48 bits per heavy atom. The molecule has 27 heavy (non-hydrogen) atoms. The Labute approximate surface area is 178 Å². The third-order valence-corrected chi connectivity index (χ3v) is 4.89. The molecule has 2 aromatic carbocycles. The van der Waals surface area contributed by atoms with E-state index in [0.717, 1.165) is 24.6 Å². The molecule has 1 aliphatic rings. The molecule has 3 N–H and O–H groups in total. The number of hydrogen-bond donors (Lipinski definition) is 3. The van der Waals surface area contributed by atoms with Crippen molar-refractivity contribution in [3.63, 3.8) is 0 Å². The number of halogens is 1. The van der Waals surface area contributed by atoms with E-state index in [1.54, 1.807) is 13.2 Å². The van der Waals surface area contributed by atoms with Gasteiger partial charge in [0.15, 0.2) is 17.5 Å². The fraction of sp³-hybridized carbons (Fsp3) is 0.381. The normalized spacial score (nSPS) is 14.8. The van der Waals surface area contributed by atoms with Crippen LogP contribution in [0.25, 0.3) is 0 Å². The Kier molecular flexibility index (Phi) is 7.77. The molecule has 146 valence electrons. The smallest absolute Gasteiger partial charge is 0.191 e. The maximum atomic E-state index is 10.2. The van der Waals surface area contributed by atoms with Gasteiger partial charge in [-0.05, 0) is 31.4 Å². The summed E-state index contributed by atoms with van der Waals surface area (Å²) in [5.41, 5.74) is 2.34. The van der Waals surface area contributed by atoms with Crippen molar-refractivity contribution in [2.75, 3.05) is 20.2 Å². The minimum Gasteiger partial charge on any atom is -0.504 e. The molecule has 0 amide bonds. The van der Waals surface area contributed by atoms with Crippen LogP contribution in [-0.2, 0) is 12.0 Å². The minimum absolute atomic E-state index is 0. The van der Waals surface area contributed by atoms with Crippen molar-refractivity contribution in [3.05, 3.63) is 59.7 Å². The molecule has 0 radical (unpaired) electrons. The summed E-state index contributed by atoms with van der Waals surface area (Å²) < 4.78 is 5.16. The molecule has 0 spiro atoms. The number of ether oxygens (including phenoxy) is 1. The first-order valence-corrected chi connectivity index (χ1v) is 9.11. The fourth-order valence-corrected chi connectivity index (χ4v) is 3.13. The zero-order valence-corrected chi connectivity index (χ0v) is 18.2. The van der Waals surface area contributed by atoms with E-state index in [2.05, 4.69) is 46.0 Å². The number of aromatic hydroxyl groups is 1. The van der Waals surface area contributed by atoms with Gasteiger partial charge in [0, 0.05) is 24.1 Å². The third-order valence-electron chi connectivity index (χ3n) is 4.89. The van der Waals surface area contributed by atoms with Gasteiger partial charge >= 0.3 is 0 Å². The lowest BCUT2D eigenvalue weighted by atomic mass is 9.96. The maximum absolute atomic E-state index is 10.2. The summed E-state index contributed by atoms with van der Waals surface area (Å²) >= 11 is 0. The number of nitrogens with one attached hydrogen (secondary N) is 2. The Balaban J connectivity index is 0.00000261. The Morgan fingerprint density at radius 2 is 1.85 bits per heavy atom. The first-order valence-electron chi connectivity index (χ1n) is 9.11. The van der Waals surface area contributed by atoms with Crippen LogP contribution in [0.5, 0.6) is 11.5 Å². The number of guanidine groups is 1. The van der Waals surface area contributed by atoms with Gasteiger partial charge in [-0.1, -0.05) is 42.5 Å². The fourth-order valence-electron chi connectivity index (χ4n) is 3.13.